The van der Waals surface area contributed by atoms with Crippen LogP contribution >= 0.6 is 27.3 Å². The van der Waals surface area contributed by atoms with Crippen LogP contribution < -0.4 is 0 Å². The van der Waals surface area contributed by atoms with E-state index in [0.29, 0.717) is 0 Å². The van der Waals surface area contributed by atoms with Gasteiger partial charge >= 0.3 is 0 Å². The molecule has 2 rings (SSSR count). The van der Waals surface area contributed by atoms with E-state index in [1.54, 1.807) is 0 Å². The largest absolute Gasteiger partial charge is 0.265 e. The predicted octanol–water partition coefficient (Wildman–Crippen LogP) is 4.19. The Balaban J connectivity index is 2.58. The lowest BCUT2D eigenvalue weighted by Gasteiger charge is -1.98. The van der Waals surface area contributed by atoms with Crippen LogP contribution in [0.5, 0.6) is 0 Å². The molecule has 0 atom stereocenters. The highest BCUT2D eigenvalue weighted by atomic mass is 79.9. The highest BCUT2D eigenvalue weighted by molar-refractivity contribution is 9.10. The van der Waals surface area contributed by atoms with Crippen molar-refractivity contribution in [2.75, 3.05) is 0 Å². The van der Waals surface area contributed by atoms with Gasteiger partial charge in [-0.2, -0.15) is 0 Å². The van der Waals surface area contributed by atoms with Crippen LogP contribution in [-0.4, -0.2) is 4.98 Å². The third-order valence-electron chi connectivity index (χ3n) is 2.18. The fourth-order valence-corrected chi connectivity index (χ4v) is 3.05. The molecule has 0 saturated carbocycles. The molecule has 0 aliphatic carbocycles. The molecule has 2 aromatic rings. The summed E-state index contributed by atoms with van der Waals surface area (Å²) < 4.78 is 1.23. The zero-order valence-electron chi connectivity index (χ0n) is 8.04. The van der Waals surface area contributed by atoms with Crippen molar-refractivity contribution >= 4 is 27.3 Å². The summed E-state index contributed by atoms with van der Waals surface area (Å²) in [5, 5.41) is 0. The van der Waals surface area contributed by atoms with Crippen LogP contribution in [0, 0.1) is 13.8 Å². The van der Waals surface area contributed by atoms with Crippen LogP contribution in [0.3, 0.4) is 0 Å². The Morgan fingerprint density at radius 3 is 2.36 bits per heavy atom. The Hall–Kier alpha value is -0.670. The number of rotatable bonds is 1. The van der Waals surface area contributed by atoms with Crippen molar-refractivity contribution in [2.45, 2.75) is 13.8 Å². The van der Waals surface area contributed by atoms with E-state index >= 15 is 0 Å². The molecule has 0 aliphatic heterocycles. The van der Waals surface area contributed by atoms with Crippen LogP contribution in [0.15, 0.2) is 29.0 Å². The molecule has 2 aromatic heterocycles. The van der Waals surface area contributed by atoms with Crippen molar-refractivity contribution in [3.8, 4) is 10.4 Å². The molecule has 14 heavy (non-hydrogen) atoms. The number of aromatic nitrogens is 1. The highest BCUT2D eigenvalue weighted by Gasteiger charge is 2.10. The normalized spacial score (nSPS) is 10.5. The lowest BCUT2D eigenvalue weighted by atomic mass is 10.1. The summed E-state index contributed by atoms with van der Waals surface area (Å²) >= 11 is 5.41. The Morgan fingerprint density at radius 2 is 1.86 bits per heavy atom. The SMILES string of the molecule is Cc1sc(-c2ccncc2)c(C)c1Br. The summed E-state index contributed by atoms with van der Waals surface area (Å²) in [7, 11) is 0. The number of nitrogens with zero attached hydrogens (tertiary/aromatic N) is 1. The molecule has 0 fully saturated rings. The quantitative estimate of drug-likeness (QED) is 0.755. The lowest BCUT2D eigenvalue weighted by Crippen LogP contribution is -1.76. The number of hydrogen-bond acceptors (Lipinski definition) is 2. The first-order valence-corrected chi connectivity index (χ1v) is 5.97. The molecule has 0 amide bonds. The Morgan fingerprint density at radius 1 is 1.21 bits per heavy atom. The topological polar surface area (TPSA) is 12.9 Å². The molecule has 0 N–H and O–H groups in total. The second-order valence-electron chi connectivity index (χ2n) is 3.16. The molecule has 2 heterocycles. The minimum atomic E-state index is 1.23. The van der Waals surface area contributed by atoms with E-state index in [-0.39, 0.29) is 0 Å². The summed E-state index contributed by atoms with van der Waals surface area (Å²) in [5.74, 6) is 0. The second kappa shape index (κ2) is 3.83. The van der Waals surface area contributed by atoms with E-state index in [9.17, 15) is 0 Å². The summed E-state index contributed by atoms with van der Waals surface area (Å²) in [6, 6.07) is 4.09. The van der Waals surface area contributed by atoms with Crippen molar-refractivity contribution in [3.05, 3.63) is 39.4 Å². The van der Waals surface area contributed by atoms with Gasteiger partial charge in [0.15, 0.2) is 0 Å². The van der Waals surface area contributed by atoms with Crippen molar-refractivity contribution in [1.29, 1.82) is 0 Å². The zero-order valence-corrected chi connectivity index (χ0v) is 10.4. The van der Waals surface area contributed by atoms with E-state index in [1.165, 1.54) is 25.4 Å². The first kappa shape index (κ1) is 9.87. The fourth-order valence-electron chi connectivity index (χ4n) is 1.42. The number of halogens is 1. The maximum absolute atomic E-state index is 4.02. The summed E-state index contributed by atoms with van der Waals surface area (Å²) in [6.07, 6.45) is 3.66. The lowest BCUT2D eigenvalue weighted by molar-refractivity contribution is 1.33. The van der Waals surface area contributed by atoms with Gasteiger partial charge in [-0.25, -0.2) is 0 Å². The average molecular weight is 268 g/mol. The molecule has 0 aromatic carbocycles. The van der Waals surface area contributed by atoms with E-state index in [2.05, 4.69) is 34.8 Å². The molecular weight excluding hydrogens is 258 g/mol. The molecular formula is C11H10BrNS. The van der Waals surface area contributed by atoms with E-state index in [0.717, 1.165) is 0 Å². The van der Waals surface area contributed by atoms with E-state index < -0.39 is 0 Å². The summed E-state index contributed by atoms with van der Waals surface area (Å²) in [6.45, 7) is 4.27. The van der Waals surface area contributed by atoms with Gasteiger partial charge in [0.2, 0.25) is 0 Å². The second-order valence-corrected chi connectivity index (χ2v) is 5.18. The Bertz CT molecular complexity index is 448. The van der Waals surface area contributed by atoms with Gasteiger partial charge in [-0.1, -0.05) is 0 Å². The maximum atomic E-state index is 4.02. The van der Waals surface area contributed by atoms with Crippen LogP contribution in [0.2, 0.25) is 0 Å². The van der Waals surface area contributed by atoms with Crippen LogP contribution in [0.25, 0.3) is 10.4 Å². The van der Waals surface area contributed by atoms with Gasteiger partial charge in [0.25, 0.3) is 0 Å². The average Bonchev–Trinajstić information content (AvgIpc) is 2.47. The number of thiophene rings is 1. The van der Waals surface area contributed by atoms with Gasteiger partial charge in [0.1, 0.15) is 0 Å². The van der Waals surface area contributed by atoms with Crippen molar-refractivity contribution in [3.63, 3.8) is 0 Å². The minimum absolute atomic E-state index is 1.23. The Labute approximate surface area is 95.9 Å². The minimum Gasteiger partial charge on any atom is -0.265 e. The van der Waals surface area contributed by atoms with Crippen molar-refractivity contribution in [2.24, 2.45) is 0 Å². The molecule has 72 valence electrons. The van der Waals surface area contributed by atoms with Gasteiger partial charge in [-0.3, -0.25) is 4.98 Å². The maximum Gasteiger partial charge on any atom is 0.0387 e. The molecule has 0 spiro atoms. The van der Waals surface area contributed by atoms with E-state index in [1.807, 2.05) is 35.9 Å². The van der Waals surface area contributed by atoms with Crippen molar-refractivity contribution in [1.82, 2.24) is 4.98 Å². The fraction of sp³-hybridized carbons (Fsp3) is 0.182. The Kier molecular flexibility index (Phi) is 2.70. The molecule has 0 radical (unpaired) electrons. The van der Waals surface area contributed by atoms with Crippen LogP contribution in [0.4, 0.5) is 0 Å². The predicted molar refractivity (Wildman–Crippen MR) is 64.7 cm³/mol. The van der Waals surface area contributed by atoms with Crippen LogP contribution in [0.1, 0.15) is 10.4 Å². The zero-order chi connectivity index (χ0) is 10.1. The molecule has 0 unspecified atom stereocenters. The van der Waals surface area contributed by atoms with Gasteiger partial charge in [0.05, 0.1) is 0 Å². The smallest absolute Gasteiger partial charge is 0.0387 e. The van der Waals surface area contributed by atoms with Gasteiger partial charge in [-0.15, -0.1) is 11.3 Å². The monoisotopic (exact) mass is 267 g/mol. The molecule has 0 bridgehead atoms. The first-order valence-electron chi connectivity index (χ1n) is 4.36. The third-order valence-corrected chi connectivity index (χ3v) is 4.88. The third kappa shape index (κ3) is 1.62. The van der Waals surface area contributed by atoms with E-state index in [4.69, 9.17) is 0 Å². The molecule has 1 nitrogen and oxygen atoms in total. The number of aryl methyl sites for hydroxylation is 1. The molecule has 0 aliphatic rings. The first-order chi connectivity index (χ1) is 6.70. The molecule has 3 heteroatoms. The van der Waals surface area contributed by atoms with Crippen LogP contribution in [-0.2, 0) is 0 Å². The summed E-state index contributed by atoms with van der Waals surface area (Å²) in [5.41, 5.74) is 2.56. The standard InChI is InChI=1S/C11H10BrNS/c1-7-10(12)8(2)14-11(7)9-3-5-13-6-4-9/h3-6H,1-2H3. The number of hydrogen-bond donors (Lipinski definition) is 0. The van der Waals surface area contributed by atoms with Gasteiger partial charge in [-0.05, 0) is 53.0 Å². The van der Waals surface area contributed by atoms with Crippen molar-refractivity contribution < 1.29 is 0 Å². The van der Waals surface area contributed by atoms with Gasteiger partial charge in [0, 0.05) is 26.6 Å². The number of pyridine rings is 1. The summed E-state index contributed by atoms with van der Waals surface area (Å²) in [4.78, 5) is 6.68. The highest BCUT2D eigenvalue weighted by Crippen LogP contribution is 2.38. The molecule has 0 saturated heterocycles. The van der Waals surface area contributed by atoms with Gasteiger partial charge < -0.3 is 0 Å².